The van der Waals surface area contributed by atoms with Gasteiger partial charge in [0.2, 0.25) is 11.7 Å². The van der Waals surface area contributed by atoms with E-state index in [0.29, 0.717) is 43.6 Å². The summed E-state index contributed by atoms with van der Waals surface area (Å²) >= 11 is 0. The summed E-state index contributed by atoms with van der Waals surface area (Å²) in [5, 5.41) is 18.2. The summed E-state index contributed by atoms with van der Waals surface area (Å²) in [6.07, 6.45) is 1.86. The largest absolute Gasteiger partial charge is 0.494 e. The number of nitrogens with one attached hydrogen (secondary N) is 1. The van der Waals surface area contributed by atoms with Gasteiger partial charge >= 0.3 is 11.9 Å². The Balaban J connectivity index is 0.000000757. The maximum atomic E-state index is 9.10. The summed E-state index contributed by atoms with van der Waals surface area (Å²) in [6, 6.07) is 11.8. The molecule has 0 radical (unpaired) electrons. The molecule has 0 aliphatic carbocycles. The van der Waals surface area contributed by atoms with E-state index in [2.05, 4.69) is 14.9 Å². The minimum absolute atomic E-state index is 0.531. The second-order valence-corrected chi connectivity index (χ2v) is 7.57. The van der Waals surface area contributed by atoms with Crippen molar-refractivity contribution in [2.45, 2.75) is 20.0 Å². The van der Waals surface area contributed by atoms with Crippen molar-refractivity contribution in [2.24, 2.45) is 0 Å². The van der Waals surface area contributed by atoms with Crippen LogP contribution in [0.5, 0.6) is 23.0 Å². The zero-order chi connectivity index (χ0) is 28.1. The summed E-state index contributed by atoms with van der Waals surface area (Å²) in [7, 11) is 6.49. The molecule has 0 amide bonds. The Morgan fingerprint density at radius 1 is 0.947 bits per heavy atom. The second kappa shape index (κ2) is 15.0. The lowest BCUT2D eigenvalue weighted by atomic mass is 10.1. The molecule has 12 heteroatoms. The van der Waals surface area contributed by atoms with Crippen LogP contribution in [0.25, 0.3) is 11.3 Å². The van der Waals surface area contributed by atoms with Crippen molar-refractivity contribution in [3.8, 4) is 34.3 Å². The predicted molar refractivity (Wildman–Crippen MR) is 139 cm³/mol. The summed E-state index contributed by atoms with van der Waals surface area (Å²) in [4.78, 5) is 22.8. The number of rotatable bonds is 12. The quantitative estimate of drug-likeness (QED) is 0.295. The fourth-order valence-corrected chi connectivity index (χ4v) is 3.46. The van der Waals surface area contributed by atoms with Crippen LogP contribution in [0.15, 0.2) is 42.6 Å². The molecule has 12 nitrogen and oxygen atoms in total. The number of aromatic nitrogens is 2. The molecule has 206 valence electrons. The molecule has 0 saturated carbocycles. The van der Waals surface area contributed by atoms with E-state index in [1.807, 2.05) is 49.5 Å². The molecule has 1 aromatic heterocycles. The van der Waals surface area contributed by atoms with Crippen LogP contribution in [-0.4, -0.2) is 73.4 Å². The van der Waals surface area contributed by atoms with Crippen molar-refractivity contribution in [3.63, 3.8) is 0 Å². The third-order valence-electron chi connectivity index (χ3n) is 5.19. The first kappa shape index (κ1) is 29.8. The first-order chi connectivity index (χ1) is 18.3. The van der Waals surface area contributed by atoms with Gasteiger partial charge < -0.3 is 43.8 Å². The predicted octanol–water partition coefficient (Wildman–Crippen LogP) is 3.39. The van der Waals surface area contributed by atoms with Crippen molar-refractivity contribution >= 4 is 17.9 Å². The topological polar surface area (TPSA) is 151 Å². The van der Waals surface area contributed by atoms with Crippen molar-refractivity contribution in [1.82, 2.24) is 9.55 Å². The standard InChI is InChI=1S/C24H31N3O5.C2H2O4/c1-6-32-19-9-7-18(8-10-19)20-16-26-24(27(20)11-12-28-2)25-15-17-13-21(29-3)23(31-5)22(14-17)30-4;3-1(4)2(5)6/h7-10,13-14,16H,6,11-12,15H2,1-5H3,(H,25,26);(H,3,4)(H,5,6). The number of carboxylic acid groups (broad SMARTS) is 2. The van der Waals surface area contributed by atoms with Crippen molar-refractivity contribution in [1.29, 1.82) is 0 Å². The summed E-state index contributed by atoms with van der Waals surface area (Å²) in [6.45, 7) is 4.37. The highest BCUT2D eigenvalue weighted by atomic mass is 16.5. The minimum Gasteiger partial charge on any atom is -0.494 e. The monoisotopic (exact) mass is 531 g/mol. The Morgan fingerprint density at radius 2 is 1.55 bits per heavy atom. The highest BCUT2D eigenvalue weighted by Crippen LogP contribution is 2.38. The van der Waals surface area contributed by atoms with Crippen molar-refractivity contribution in [2.75, 3.05) is 47.0 Å². The van der Waals surface area contributed by atoms with Gasteiger partial charge in [0.05, 0.1) is 46.4 Å². The lowest BCUT2D eigenvalue weighted by molar-refractivity contribution is -0.159. The first-order valence-corrected chi connectivity index (χ1v) is 11.6. The number of nitrogens with zero attached hydrogens (tertiary/aromatic N) is 2. The van der Waals surface area contributed by atoms with Crippen LogP contribution in [0.2, 0.25) is 0 Å². The number of methoxy groups -OCH3 is 4. The molecule has 3 rings (SSSR count). The Morgan fingerprint density at radius 3 is 2.03 bits per heavy atom. The Bertz CT molecular complexity index is 1160. The molecule has 2 aromatic carbocycles. The molecule has 0 unspecified atom stereocenters. The molecule has 1 heterocycles. The zero-order valence-electron chi connectivity index (χ0n) is 22.0. The lowest BCUT2D eigenvalue weighted by Gasteiger charge is -2.16. The number of benzene rings is 2. The van der Waals surface area contributed by atoms with Gasteiger partial charge in [-0.1, -0.05) is 0 Å². The van der Waals surface area contributed by atoms with E-state index in [4.69, 9.17) is 43.5 Å². The molecular weight excluding hydrogens is 498 g/mol. The SMILES string of the molecule is CCOc1ccc(-c2cnc(NCc3cc(OC)c(OC)c(OC)c3)n2CCOC)cc1.O=C(O)C(=O)O. The number of hydrogen-bond donors (Lipinski definition) is 3. The zero-order valence-corrected chi connectivity index (χ0v) is 22.0. The summed E-state index contributed by atoms with van der Waals surface area (Å²) in [5.41, 5.74) is 3.03. The molecule has 0 spiro atoms. The number of hydrogen-bond acceptors (Lipinski definition) is 9. The average molecular weight is 532 g/mol. The molecule has 0 aliphatic rings. The fourth-order valence-electron chi connectivity index (χ4n) is 3.46. The highest BCUT2D eigenvalue weighted by Gasteiger charge is 2.15. The van der Waals surface area contributed by atoms with Crippen LogP contribution < -0.4 is 24.3 Å². The van der Waals surface area contributed by atoms with Gasteiger partial charge in [-0.25, -0.2) is 14.6 Å². The van der Waals surface area contributed by atoms with Crippen LogP contribution >= 0.6 is 0 Å². The molecule has 0 atom stereocenters. The van der Waals surface area contributed by atoms with Crippen LogP contribution in [0, 0.1) is 0 Å². The first-order valence-electron chi connectivity index (χ1n) is 11.6. The summed E-state index contributed by atoms with van der Waals surface area (Å²) < 4.78 is 29.3. The van der Waals surface area contributed by atoms with Gasteiger partial charge in [0.15, 0.2) is 11.5 Å². The number of imidazole rings is 1. The average Bonchev–Trinajstić information content (AvgIpc) is 3.33. The van der Waals surface area contributed by atoms with E-state index in [-0.39, 0.29) is 0 Å². The third-order valence-corrected chi connectivity index (χ3v) is 5.19. The van der Waals surface area contributed by atoms with E-state index in [1.54, 1.807) is 28.4 Å². The van der Waals surface area contributed by atoms with Gasteiger partial charge in [-0.3, -0.25) is 0 Å². The van der Waals surface area contributed by atoms with Crippen LogP contribution in [0.1, 0.15) is 12.5 Å². The summed E-state index contributed by atoms with van der Waals surface area (Å²) in [5.74, 6) is -0.259. The minimum atomic E-state index is -1.82. The van der Waals surface area contributed by atoms with Gasteiger partial charge in [0, 0.05) is 25.8 Å². The van der Waals surface area contributed by atoms with E-state index in [9.17, 15) is 0 Å². The number of carboxylic acids is 2. The van der Waals surface area contributed by atoms with Crippen molar-refractivity contribution < 1.29 is 43.5 Å². The molecule has 0 bridgehead atoms. The number of carbonyl (C=O) groups is 2. The van der Waals surface area contributed by atoms with Crippen LogP contribution in [0.3, 0.4) is 0 Å². The highest BCUT2D eigenvalue weighted by molar-refractivity contribution is 6.27. The van der Waals surface area contributed by atoms with E-state index < -0.39 is 11.9 Å². The van der Waals surface area contributed by atoms with Gasteiger partial charge in [-0.15, -0.1) is 0 Å². The maximum absolute atomic E-state index is 9.10. The Labute approximate surface area is 220 Å². The molecule has 0 fully saturated rings. The van der Waals surface area contributed by atoms with E-state index in [1.165, 1.54) is 0 Å². The van der Waals surface area contributed by atoms with Crippen LogP contribution in [0.4, 0.5) is 5.95 Å². The second-order valence-electron chi connectivity index (χ2n) is 7.57. The van der Waals surface area contributed by atoms with Gasteiger partial charge in [0.1, 0.15) is 5.75 Å². The van der Waals surface area contributed by atoms with E-state index >= 15 is 0 Å². The molecule has 38 heavy (non-hydrogen) atoms. The van der Waals surface area contributed by atoms with Gasteiger partial charge in [-0.2, -0.15) is 0 Å². The normalized spacial score (nSPS) is 10.1. The van der Waals surface area contributed by atoms with Gasteiger partial charge in [0.25, 0.3) is 0 Å². The number of ether oxygens (including phenoxy) is 5. The fraction of sp³-hybridized carbons (Fsp3) is 0.346. The Hall–Kier alpha value is -4.45. The molecule has 0 saturated heterocycles. The van der Waals surface area contributed by atoms with Crippen LogP contribution in [-0.2, 0) is 27.4 Å². The van der Waals surface area contributed by atoms with E-state index in [0.717, 1.165) is 28.5 Å². The van der Waals surface area contributed by atoms with Crippen molar-refractivity contribution in [3.05, 3.63) is 48.2 Å². The van der Waals surface area contributed by atoms with Gasteiger partial charge in [-0.05, 0) is 48.9 Å². The molecule has 3 aromatic rings. The molecule has 0 aliphatic heterocycles. The lowest BCUT2D eigenvalue weighted by Crippen LogP contribution is -2.12. The number of aliphatic carboxylic acids is 2. The number of anilines is 1. The Kier molecular flexibility index (Phi) is 11.7. The maximum Gasteiger partial charge on any atom is 0.414 e. The molecular formula is C26H33N3O9. The smallest absolute Gasteiger partial charge is 0.414 e. The molecule has 3 N–H and O–H groups in total. The third kappa shape index (κ3) is 8.03.